The Labute approximate surface area is 118 Å². The van der Waals surface area contributed by atoms with Crippen molar-refractivity contribution in [1.29, 1.82) is 0 Å². The third-order valence-corrected chi connectivity index (χ3v) is 3.01. The fourth-order valence-electron chi connectivity index (χ4n) is 1.67. The lowest BCUT2D eigenvalue weighted by Gasteiger charge is -2.09. The van der Waals surface area contributed by atoms with Gasteiger partial charge in [0.1, 0.15) is 5.82 Å². The standard InChI is InChI=1S/C15H18N2O3/c1-12(19-2)7-10-20-15(18)13-5-6-14(16-11-13)17-8-3-4-9-17/h3-6,8-9,11-12H,7,10H2,1-2H3/t12-/m1/s1. The normalized spacial score (nSPS) is 12.1. The minimum Gasteiger partial charge on any atom is -0.462 e. The van der Waals surface area contributed by atoms with Gasteiger partial charge in [0.25, 0.3) is 0 Å². The van der Waals surface area contributed by atoms with Gasteiger partial charge in [0, 0.05) is 32.1 Å². The van der Waals surface area contributed by atoms with Crippen LogP contribution in [-0.2, 0) is 9.47 Å². The number of nitrogens with zero attached hydrogens (tertiary/aromatic N) is 2. The summed E-state index contributed by atoms with van der Waals surface area (Å²) in [6.07, 6.45) is 6.07. The highest BCUT2D eigenvalue weighted by atomic mass is 16.5. The van der Waals surface area contributed by atoms with Crippen LogP contribution in [0.5, 0.6) is 0 Å². The van der Waals surface area contributed by atoms with Gasteiger partial charge in [-0.25, -0.2) is 9.78 Å². The largest absolute Gasteiger partial charge is 0.462 e. The number of carbonyl (C=O) groups is 1. The predicted molar refractivity (Wildman–Crippen MR) is 74.9 cm³/mol. The van der Waals surface area contributed by atoms with E-state index in [1.807, 2.05) is 36.0 Å². The fourth-order valence-corrected chi connectivity index (χ4v) is 1.67. The Morgan fingerprint density at radius 1 is 1.35 bits per heavy atom. The molecule has 0 aliphatic heterocycles. The van der Waals surface area contributed by atoms with E-state index in [1.54, 1.807) is 19.2 Å². The third-order valence-electron chi connectivity index (χ3n) is 3.01. The van der Waals surface area contributed by atoms with Crippen LogP contribution in [0.4, 0.5) is 0 Å². The molecule has 0 aliphatic carbocycles. The SMILES string of the molecule is CO[C@H](C)CCOC(=O)c1ccc(-n2cccc2)nc1. The molecule has 0 radical (unpaired) electrons. The first kappa shape index (κ1) is 14.3. The van der Waals surface area contributed by atoms with Crippen LogP contribution in [0.25, 0.3) is 5.82 Å². The summed E-state index contributed by atoms with van der Waals surface area (Å²) in [5, 5.41) is 0. The summed E-state index contributed by atoms with van der Waals surface area (Å²) < 4.78 is 12.1. The number of pyridine rings is 1. The molecule has 0 unspecified atom stereocenters. The van der Waals surface area contributed by atoms with Gasteiger partial charge < -0.3 is 14.0 Å². The van der Waals surface area contributed by atoms with E-state index in [0.29, 0.717) is 18.6 Å². The molecule has 2 aromatic rings. The third kappa shape index (κ3) is 3.68. The van der Waals surface area contributed by atoms with E-state index in [0.717, 1.165) is 5.82 Å². The van der Waals surface area contributed by atoms with Crippen molar-refractivity contribution in [3.63, 3.8) is 0 Å². The van der Waals surface area contributed by atoms with Gasteiger partial charge in [0.2, 0.25) is 0 Å². The molecular formula is C15H18N2O3. The van der Waals surface area contributed by atoms with Crippen LogP contribution in [0.3, 0.4) is 0 Å². The topological polar surface area (TPSA) is 53.4 Å². The number of hydrogen-bond acceptors (Lipinski definition) is 4. The molecular weight excluding hydrogens is 256 g/mol. The van der Waals surface area contributed by atoms with Crippen molar-refractivity contribution >= 4 is 5.97 Å². The second-order valence-electron chi connectivity index (χ2n) is 4.47. The van der Waals surface area contributed by atoms with Crippen LogP contribution >= 0.6 is 0 Å². The summed E-state index contributed by atoms with van der Waals surface area (Å²) in [7, 11) is 1.64. The first-order valence-corrected chi connectivity index (χ1v) is 6.50. The van der Waals surface area contributed by atoms with Gasteiger partial charge in [-0.1, -0.05) is 0 Å². The number of rotatable bonds is 6. The highest BCUT2D eigenvalue weighted by Gasteiger charge is 2.09. The first-order chi connectivity index (χ1) is 9.70. The Kier molecular flexibility index (Phi) is 4.90. The molecule has 5 heteroatoms. The number of carbonyl (C=O) groups excluding carboxylic acids is 1. The van der Waals surface area contributed by atoms with Crippen LogP contribution in [-0.4, -0.2) is 35.3 Å². The summed E-state index contributed by atoms with van der Waals surface area (Å²) in [6.45, 7) is 2.27. The molecule has 5 nitrogen and oxygen atoms in total. The second kappa shape index (κ2) is 6.86. The van der Waals surface area contributed by atoms with Gasteiger partial charge >= 0.3 is 5.97 Å². The van der Waals surface area contributed by atoms with Crippen LogP contribution in [0.15, 0.2) is 42.9 Å². The highest BCUT2D eigenvalue weighted by molar-refractivity contribution is 5.89. The van der Waals surface area contributed by atoms with Crippen molar-refractivity contribution in [2.24, 2.45) is 0 Å². The van der Waals surface area contributed by atoms with Gasteiger partial charge in [-0.3, -0.25) is 0 Å². The Balaban J connectivity index is 1.91. The summed E-state index contributed by atoms with van der Waals surface area (Å²) in [6, 6.07) is 7.33. The number of aromatic nitrogens is 2. The van der Waals surface area contributed by atoms with Crippen LogP contribution < -0.4 is 0 Å². The zero-order valence-electron chi connectivity index (χ0n) is 11.7. The number of methoxy groups -OCH3 is 1. The van der Waals surface area contributed by atoms with Gasteiger partial charge in [-0.15, -0.1) is 0 Å². The number of esters is 1. The summed E-state index contributed by atoms with van der Waals surface area (Å²) in [4.78, 5) is 16.0. The Morgan fingerprint density at radius 3 is 2.70 bits per heavy atom. The van der Waals surface area contributed by atoms with E-state index in [9.17, 15) is 4.79 Å². The molecule has 0 amide bonds. The average molecular weight is 274 g/mol. The zero-order valence-corrected chi connectivity index (χ0v) is 11.7. The molecule has 1 atom stereocenters. The lowest BCUT2D eigenvalue weighted by molar-refractivity contribution is 0.0390. The van der Waals surface area contributed by atoms with E-state index in [4.69, 9.17) is 9.47 Å². The van der Waals surface area contributed by atoms with Crippen molar-refractivity contribution < 1.29 is 14.3 Å². The summed E-state index contributed by atoms with van der Waals surface area (Å²) >= 11 is 0. The van der Waals surface area contributed by atoms with Crippen molar-refractivity contribution in [2.45, 2.75) is 19.4 Å². The molecule has 0 fully saturated rings. The lowest BCUT2D eigenvalue weighted by Crippen LogP contribution is -2.13. The molecule has 106 valence electrons. The van der Waals surface area contributed by atoms with Crippen molar-refractivity contribution in [2.75, 3.05) is 13.7 Å². The van der Waals surface area contributed by atoms with Crippen LogP contribution in [0, 0.1) is 0 Å². The minimum absolute atomic E-state index is 0.0806. The smallest absolute Gasteiger partial charge is 0.339 e. The first-order valence-electron chi connectivity index (χ1n) is 6.50. The maximum Gasteiger partial charge on any atom is 0.339 e. The average Bonchev–Trinajstić information content (AvgIpc) is 3.01. The van der Waals surface area contributed by atoms with Crippen molar-refractivity contribution in [1.82, 2.24) is 9.55 Å². The molecule has 2 aromatic heterocycles. The Bertz CT molecular complexity index is 535. The fraction of sp³-hybridized carbons (Fsp3) is 0.333. The van der Waals surface area contributed by atoms with E-state index < -0.39 is 0 Å². The second-order valence-corrected chi connectivity index (χ2v) is 4.47. The van der Waals surface area contributed by atoms with E-state index in [1.165, 1.54) is 6.20 Å². The van der Waals surface area contributed by atoms with Gasteiger partial charge in [0.15, 0.2) is 0 Å². The highest BCUT2D eigenvalue weighted by Crippen LogP contribution is 2.08. The van der Waals surface area contributed by atoms with E-state index in [2.05, 4.69) is 4.98 Å². The van der Waals surface area contributed by atoms with Gasteiger partial charge in [-0.2, -0.15) is 0 Å². The monoisotopic (exact) mass is 274 g/mol. The number of ether oxygens (including phenoxy) is 2. The quantitative estimate of drug-likeness (QED) is 0.759. The minimum atomic E-state index is -0.361. The van der Waals surface area contributed by atoms with Crippen LogP contribution in [0.1, 0.15) is 23.7 Å². The summed E-state index contributed by atoms with van der Waals surface area (Å²) in [5.41, 5.74) is 0.450. The maximum atomic E-state index is 11.8. The lowest BCUT2D eigenvalue weighted by atomic mass is 10.3. The molecule has 2 rings (SSSR count). The molecule has 0 aliphatic rings. The van der Waals surface area contributed by atoms with Crippen LogP contribution in [0.2, 0.25) is 0 Å². The molecule has 0 aromatic carbocycles. The molecule has 20 heavy (non-hydrogen) atoms. The molecule has 2 heterocycles. The maximum absolute atomic E-state index is 11.8. The van der Waals surface area contributed by atoms with E-state index >= 15 is 0 Å². The Morgan fingerprint density at radius 2 is 2.10 bits per heavy atom. The molecule has 0 saturated heterocycles. The molecule has 0 N–H and O–H groups in total. The zero-order chi connectivity index (χ0) is 14.4. The molecule has 0 bridgehead atoms. The van der Waals surface area contributed by atoms with Crippen molar-refractivity contribution in [3.05, 3.63) is 48.4 Å². The van der Waals surface area contributed by atoms with Crippen molar-refractivity contribution in [3.8, 4) is 5.82 Å². The predicted octanol–water partition coefficient (Wildman–Crippen LogP) is 2.45. The molecule has 0 saturated carbocycles. The Hall–Kier alpha value is -2.14. The number of hydrogen-bond donors (Lipinski definition) is 0. The van der Waals surface area contributed by atoms with Gasteiger partial charge in [0.05, 0.1) is 18.3 Å². The van der Waals surface area contributed by atoms with Gasteiger partial charge in [-0.05, 0) is 31.2 Å². The molecule has 0 spiro atoms. The summed E-state index contributed by atoms with van der Waals surface area (Å²) in [5.74, 6) is 0.402. The van der Waals surface area contributed by atoms with E-state index in [-0.39, 0.29) is 12.1 Å².